The molecule has 2 aromatic carbocycles. The van der Waals surface area contributed by atoms with Gasteiger partial charge in [-0.05, 0) is 35.1 Å². The van der Waals surface area contributed by atoms with Gasteiger partial charge in [0.2, 0.25) is 0 Å². The van der Waals surface area contributed by atoms with Gasteiger partial charge in [-0.25, -0.2) is 4.79 Å². The lowest BCUT2D eigenvalue weighted by atomic mass is 9.94. The summed E-state index contributed by atoms with van der Waals surface area (Å²) in [5.41, 5.74) is 11.4. The number of nitrogens with zero attached hydrogens (tertiary/aromatic N) is 1. The molecule has 0 atom stereocenters. The minimum absolute atomic E-state index is 0.0977. The topological polar surface area (TPSA) is 125 Å². The van der Waals surface area contributed by atoms with Crippen LogP contribution in [-0.4, -0.2) is 33.8 Å². The van der Waals surface area contributed by atoms with Crippen molar-refractivity contribution >= 4 is 23.2 Å². The Balaban J connectivity index is 1.91. The predicted octanol–water partition coefficient (Wildman–Crippen LogP) is 2.94. The molecule has 0 saturated heterocycles. The van der Waals surface area contributed by atoms with Gasteiger partial charge in [-0.3, -0.25) is 9.59 Å². The van der Waals surface area contributed by atoms with Crippen molar-refractivity contribution in [1.29, 1.82) is 0 Å². The zero-order chi connectivity index (χ0) is 25.8. The zero-order valence-electron chi connectivity index (χ0n) is 20.2. The number of H-pyrrole nitrogens is 1. The minimum Gasteiger partial charge on any atom is -0.479 e. The fourth-order valence-electron chi connectivity index (χ4n) is 4.60. The van der Waals surface area contributed by atoms with Gasteiger partial charge in [-0.1, -0.05) is 61.5 Å². The molecule has 0 unspecified atom stereocenters. The van der Waals surface area contributed by atoms with E-state index in [4.69, 9.17) is 15.6 Å². The van der Waals surface area contributed by atoms with Gasteiger partial charge in [0.15, 0.2) is 17.8 Å². The van der Waals surface area contributed by atoms with E-state index in [1.54, 1.807) is 6.92 Å². The van der Waals surface area contributed by atoms with Crippen LogP contribution in [0.25, 0.3) is 5.52 Å². The molecule has 0 saturated carbocycles. The van der Waals surface area contributed by atoms with Crippen LogP contribution in [0.5, 0.6) is 5.88 Å². The number of ether oxygens (including phenoxy) is 1. The van der Waals surface area contributed by atoms with Crippen molar-refractivity contribution in [1.82, 2.24) is 4.40 Å². The van der Waals surface area contributed by atoms with E-state index < -0.39 is 24.3 Å². The molecule has 0 bridgehead atoms. The van der Waals surface area contributed by atoms with E-state index >= 15 is 0 Å². The van der Waals surface area contributed by atoms with Crippen molar-refractivity contribution in [3.63, 3.8) is 0 Å². The van der Waals surface area contributed by atoms with Crippen LogP contribution >= 0.6 is 0 Å². The molecule has 0 aliphatic heterocycles. The van der Waals surface area contributed by atoms with Gasteiger partial charge in [-0.15, -0.1) is 0 Å². The molecule has 8 heteroatoms. The lowest BCUT2D eigenvalue weighted by Crippen LogP contribution is -2.25. The number of aromatic amines is 1. The second-order valence-electron chi connectivity index (χ2n) is 8.62. The number of carbonyl (C=O) groups excluding carboxylic acids is 2. The number of carbonyl (C=O) groups is 3. The number of aliphatic carboxylic acids is 1. The van der Waals surface area contributed by atoms with Crippen molar-refractivity contribution in [2.24, 2.45) is 5.73 Å². The van der Waals surface area contributed by atoms with Crippen LogP contribution in [-0.2, 0) is 28.9 Å². The fraction of sp³-hybridized carbons (Fsp3) is 0.214. The maximum Gasteiger partial charge on any atom is 0.392 e. The van der Waals surface area contributed by atoms with Crippen molar-refractivity contribution < 1.29 is 29.2 Å². The summed E-state index contributed by atoms with van der Waals surface area (Å²) in [6.45, 7) is 3.10. The number of fused-ring (bicyclic) bond motifs is 1. The Morgan fingerprint density at radius 1 is 1.00 bits per heavy atom. The van der Waals surface area contributed by atoms with Crippen LogP contribution in [0.15, 0.2) is 60.8 Å². The average molecular weight is 487 g/mol. The normalized spacial score (nSPS) is 10.9. The summed E-state index contributed by atoms with van der Waals surface area (Å²) in [7, 11) is 0. The van der Waals surface area contributed by atoms with Crippen molar-refractivity contribution in [3.05, 3.63) is 100.0 Å². The van der Waals surface area contributed by atoms with Gasteiger partial charge >= 0.3 is 11.8 Å². The Morgan fingerprint density at radius 3 is 2.25 bits per heavy atom. The van der Waals surface area contributed by atoms with Crippen molar-refractivity contribution in [3.8, 4) is 5.88 Å². The molecule has 0 aliphatic carbocycles. The summed E-state index contributed by atoms with van der Waals surface area (Å²) in [6.07, 6.45) is 3.51. The van der Waals surface area contributed by atoms with Crippen LogP contribution in [0.3, 0.4) is 0 Å². The van der Waals surface area contributed by atoms with Gasteiger partial charge in [0.1, 0.15) is 0 Å². The number of amides is 1. The lowest BCUT2D eigenvalue weighted by molar-refractivity contribution is -0.402. The van der Waals surface area contributed by atoms with E-state index in [9.17, 15) is 14.4 Å². The molecule has 0 radical (unpaired) electrons. The molecule has 4 N–H and O–H groups in total. The number of aromatic nitrogens is 2. The molecule has 1 amide bonds. The first kappa shape index (κ1) is 24.7. The summed E-state index contributed by atoms with van der Waals surface area (Å²) in [4.78, 5) is 39.2. The number of carboxylic acid groups (broad SMARTS) is 1. The molecule has 4 rings (SSSR count). The van der Waals surface area contributed by atoms with Crippen molar-refractivity contribution in [2.45, 2.75) is 33.1 Å². The van der Waals surface area contributed by atoms with E-state index in [2.05, 4.69) is 29.2 Å². The molecule has 0 fully saturated rings. The first-order valence-corrected chi connectivity index (χ1v) is 11.7. The highest BCUT2D eigenvalue weighted by atomic mass is 16.5. The smallest absolute Gasteiger partial charge is 0.392 e. The van der Waals surface area contributed by atoms with Gasteiger partial charge in [-0.2, -0.15) is 4.98 Å². The largest absolute Gasteiger partial charge is 0.479 e. The highest BCUT2D eigenvalue weighted by molar-refractivity contribution is 6.44. The number of benzene rings is 2. The Morgan fingerprint density at radius 2 is 1.64 bits per heavy atom. The summed E-state index contributed by atoms with van der Waals surface area (Å²) < 4.78 is 7.33. The van der Waals surface area contributed by atoms with E-state index in [-0.39, 0.29) is 11.4 Å². The molecular weight excluding hydrogens is 458 g/mol. The summed E-state index contributed by atoms with van der Waals surface area (Å²) >= 11 is 0. The van der Waals surface area contributed by atoms with Gasteiger partial charge < -0.3 is 20.0 Å². The monoisotopic (exact) mass is 486 g/mol. The number of nitrogens with one attached hydrogen (secondary N) is 1. The van der Waals surface area contributed by atoms with Crippen LogP contribution in [0.4, 0.5) is 0 Å². The number of carboxylic acids is 1. The van der Waals surface area contributed by atoms with E-state index in [1.165, 1.54) is 5.56 Å². The Bertz CT molecular complexity index is 1460. The number of hydrogen-bond donors (Lipinski definition) is 2. The Kier molecular flexibility index (Phi) is 7.15. The average Bonchev–Trinajstić information content (AvgIpc) is 3.16. The molecule has 0 spiro atoms. The standard InChI is InChI=1S/C28H27N3O5/c1-3-21-22(14-20-12-8-7-11-19(20)13-18-9-5-4-6-10-18)31-15-17(2)30-28(36-16-23(32)33)25(31)24(21)26(34)27(29)35/h4-12,15H,3,13-14,16H2,1-2H3,(H2,29,35)(H,32,33)/p+1. The zero-order valence-corrected chi connectivity index (χ0v) is 20.2. The molecule has 4 aromatic rings. The maximum atomic E-state index is 13.0. The second-order valence-corrected chi connectivity index (χ2v) is 8.62. The number of aryl methyl sites for hydroxylation is 1. The third-order valence-corrected chi connectivity index (χ3v) is 6.13. The summed E-state index contributed by atoms with van der Waals surface area (Å²) in [5.74, 6) is -2.99. The number of Topliss-reactive ketones (excluding diaryl/α,β-unsaturated/α-hetero) is 1. The third kappa shape index (κ3) is 4.98. The summed E-state index contributed by atoms with van der Waals surface area (Å²) in [6, 6.07) is 18.3. The Hall–Kier alpha value is -4.46. The quantitative estimate of drug-likeness (QED) is 0.263. The van der Waals surface area contributed by atoms with Crippen LogP contribution < -0.4 is 15.5 Å². The van der Waals surface area contributed by atoms with Crippen LogP contribution in [0, 0.1) is 6.92 Å². The molecule has 2 heterocycles. The summed E-state index contributed by atoms with van der Waals surface area (Å²) in [5, 5.41) is 9.15. The fourth-order valence-corrected chi connectivity index (χ4v) is 4.60. The minimum atomic E-state index is -1.16. The maximum absolute atomic E-state index is 13.0. The van der Waals surface area contributed by atoms with Gasteiger partial charge in [0, 0.05) is 19.0 Å². The van der Waals surface area contributed by atoms with E-state index in [1.807, 2.05) is 47.9 Å². The van der Waals surface area contributed by atoms with Crippen LogP contribution in [0.2, 0.25) is 0 Å². The molecular formula is C28H28N3O5+. The van der Waals surface area contributed by atoms with Crippen molar-refractivity contribution in [2.75, 3.05) is 6.61 Å². The SMILES string of the molecule is CCc1c(C(=O)C(N)=O)c2c(OCC(=O)O)[nH+]c(C)cn2c1Cc1ccccc1Cc1ccccc1. The van der Waals surface area contributed by atoms with Gasteiger partial charge in [0.05, 0.1) is 11.8 Å². The third-order valence-electron chi connectivity index (χ3n) is 6.13. The lowest BCUT2D eigenvalue weighted by Gasteiger charge is -2.12. The first-order chi connectivity index (χ1) is 17.3. The second kappa shape index (κ2) is 10.4. The predicted molar refractivity (Wildman–Crippen MR) is 133 cm³/mol. The molecule has 0 aliphatic rings. The number of primary amides is 1. The number of nitrogens with two attached hydrogens (primary N) is 1. The van der Waals surface area contributed by atoms with E-state index in [0.717, 1.165) is 23.2 Å². The molecule has 8 nitrogen and oxygen atoms in total. The number of rotatable bonds is 10. The Labute approximate surface area is 208 Å². The highest BCUT2D eigenvalue weighted by Crippen LogP contribution is 2.32. The molecule has 36 heavy (non-hydrogen) atoms. The first-order valence-electron chi connectivity index (χ1n) is 11.7. The van der Waals surface area contributed by atoms with Crippen LogP contribution in [0.1, 0.15) is 50.9 Å². The number of hydrogen-bond acceptors (Lipinski definition) is 4. The number of ketones is 1. The molecule has 2 aromatic heterocycles. The van der Waals surface area contributed by atoms with Gasteiger partial charge in [0.25, 0.3) is 11.7 Å². The highest BCUT2D eigenvalue weighted by Gasteiger charge is 2.31. The molecule has 184 valence electrons. The van der Waals surface area contributed by atoms with E-state index in [0.29, 0.717) is 29.6 Å².